The van der Waals surface area contributed by atoms with Crippen molar-refractivity contribution in [2.75, 3.05) is 13.7 Å². The van der Waals surface area contributed by atoms with Gasteiger partial charge in [-0.25, -0.2) is 9.97 Å². The van der Waals surface area contributed by atoms with Crippen molar-refractivity contribution in [1.29, 1.82) is 0 Å². The Labute approximate surface area is 106 Å². The quantitative estimate of drug-likeness (QED) is 0.793. The molecule has 0 saturated carbocycles. The molecule has 0 aliphatic rings. The van der Waals surface area contributed by atoms with E-state index in [0.717, 1.165) is 24.3 Å². The van der Waals surface area contributed by atoms with Gasteiger partial charge in [-0.05, 0) is 19.0 Å². The lowest BCUT2D eigenvalue weighted by Crippen LogP contribution is -2.13. The summed E-state index contributed by atoms with van der Waals surface area (Å²) in [4.78, 5) is 8.45. The van der Waals surface area contributed by atoms with E-state index in [2.05, 4.69) is 22.2 Å². The minimum Gasteiger partial charge on any atom is -0.479 e. The molecule has 0 spiro atoms. The third kappa shape index (κ3) is 2.68. The van der Waals surface area contributed by atoms with Crippen molar-refractivity contribution >= 4 is 0 Å². The maximum absolute atomic E-state index is 5.48. The van der Waals surface area contributed by atoms with Crippen LogP contribution in [0.5, 0.6) is 5.88 Å². The van der Waals surface area contributed by atoms with Gasteiger partial charge in [-0.1, -0.05) is 6.92 Å². The highest BCUT2D eigenvalue weighted by Gasteiger charge is 2.14. The molecule has 0 radical (unpaired) electrons. The second-order valence-corrected chi connectivity index (χ2v) is 3.85. The molecule has 0 saturated heterocycles. The van der Waals surface area contributed by atoms with E-state index < -0.39 is 0 Å². The topological polar surface area (TPSA) is 60.2 Å². The second-order valence-electron chi connectivity index (χ2n) is 3.85. The molecule has 0 unspecified atom stereocenters. The van der Waals surface area contributed by atoms with Crippen LogP contribution < -0.4 is 10.1 Å². The lowest BCUT2D eigenvalue weighted by Gasteiger charge is -2.06. The first kappa shape index (κ1) is 12.6. The molecule has 1 N–H and O–H groups in total. The van der Waals surface area contributed by atoms with Crippen LogP contribution in [0, 0.1) is 0 Å². The number of hydrogen-bond acceptors (Lipinski definition) is 5. The molecule has 2 heterocycles. The molecule has 5 heteroatoms. The first-order valence-corrected chi connectivity index (χ1v) is 5.99. The largest absolute Gasteiger partial charge is 0.479 e. The highest BCUT2D eigenvalue weighted by Crippen LogP contribution is 2.28. The molecule has 0 fully saturated rings. The summed E-state index contributed by atoms with van der Waals surface area (Å²) in [6.45, 7) is 3.76. The van der Waals surface area contributed by atoms with Gasteiger partial charge in [0.25, 0.3) is 0 Å². The Kier molecular flexibility index (Phi) is 4.30. The summed E-state index contributed by atoms with van der Waals surface area (Å²) in [7, 11) is 1.59. The summed E-state index contributed by atoms with van der Waals surface area (Å²) in [5, 5.41) is 3.30. The van der Waals surface area contributed by atoms with Crippen molar-refractivity contribution in [3.63, 3.8) is 0 Å². The lowest BCUT2D eigenvalue weighted by molar-refractivity contribution is 0.397. The van der Waals surface area contributed by atoms with Gasteiger partial charge in [0.15, 0.2) is 0 Å². The number of aromatic nitrogens is 2. The zero-order chi connectivity index (χ0) is 12.8. The zero-order valence-electron chi connectivity index (χ0n) is 10.6. The van der Waals surface area contributed by atoms with Crippen LogP contribution in [-0.4, -0.2) is 23.6 Å². The number of nitrogens with zero attached hydrogens (tertiary/aromatic N) is 2. The van der Waals surface area contributed by atoms with Crippen molar-refractivity contribution < 1.29 is 9.15 Å². The van der Waals surface area contributed by atoms with E-state index in [4.69, 9.17) is 9.15 Å². The van der Waals surface area contributed by atoms with Gasteiger partial charge >= 0.3 is 0 Å². The Morgan fingerprint density at radius 2 is 2.17 bits per heavy atom. The van der Waals surface area contributed by atoms with Gasteiger partial charge in [-0.15, -0.1) is 0 Å². The first-order chi connectivity index (χ1) is 8.86. The molecule has 0 atom stereocenters. The average Bonchev–Trinajstić information content (AvgIpc) is 2.87. The van der Waals surface area contributed by atoms with Crippen molar-refractivity contribution in [1.82, 2.24) is 15.3 Å². The van der Waals surface area contributed by atoms with Crippen LogP contribution in [0.4, 0.5) is 0 Å². The van der Waals surface area contributed by atoms with Crippen molar-refractivity contribution in [2.45, 2.75) is 19.9 Å². The van der Waals surface area contributed by atoms with Gasteiger partial charge in [0, 0.05) is 18.0 Å². The SMILES string of the molecule is CCCNCc1occc1-c1nccnc1OC. The Balaban J connectivity index is 2.25. The maximum Gasteiger partial charge on any atom is 0.240 e. The van der Waals surface area contributed by atoms with E-state index in [1.807, 2.05) is 6.07 Å². The molecule has 2 rings (SSSR count). The van der Waals surface area contributed by atoms with Crippen LogP contribution in [0.25, 0.3) is 11.3 Å². The molecule has 0 aliphatic carbocycles. The third-order valence-corrected chi connectivity index (χ3v) is 2.57. The predicted octanol–water partition coefficient (Wildman–Crippen LogP) is 2.24. The van der Waals surface area contributed by atoms with E-state index >= 15 is 0 Å². The number of furan rings is 1. The minimum absolute atomic E-state index is 0.510. The summed E-state index contributed by atoms with van der Waals surface area (Å²) < 4.78 is 10.7. The molecule has 96 valence electrons. The fraction of sp³-hybridized carbons (Fsp3) is 0.385. The van der Waals surface area contributed by atoms with Gasteiger partial charge in [-0.2, -0.15) is 0 Å². The molecule has 0 aromatic carbocycles. The van der Waals surface area contributed by atoms with Gasteiger partial charge in [-0.3, -0.25) is 0 Å². The minimum atomic E-state index is 0.510. The molecule has 0 bridgehead atoms. The van der Waals surface area contributed by atoms with Crippen molar-refractivity contribution in [2.24, 2.45) is 0 Å². The monoisotopic (exact) mass is 247 g/mol. The Morgan fingerprint density at radius 3 is 2.94 bits per heavy atom. The number of methoxy groups -OCH3 is 1. The molecule has 2 aromatic rings. The molecule has 5 nitrogen and oxygen atoms in total. The van der Waals surface area contributed by atoms with E-state index in [0.29, 0.717) is 18.1 Å². The Bertz CT molecular complexity index is 496. The summed E-state index contributed by atoms with van der Waals surface area (Å²) in [5.41, 5.74) is 1.63. The standard InChI is InChI=1S/C13H17N3O2/c1-3-5-14-9-11-10(4-8-18-11)12-13(17-2)16-7-6-15-12/h4,6-8,14H,3,5,9H2,1-2H3. The lowest BCUT2D eigenvalue weighted by atomic mass is 10.2. The molecule has 2 aromatic heterocycles. The van der Waals surface area contributed by atoms with Gasteiger partial charge in [0.2, 0.25) is 5.88 Å². The van der Waals surface area contributed by atoms with Gasteiger partial charge < -0.3 is 14.5 Å². The van der Waals surface area contributed by atoms with Crippen LogP contribution in [0.2, 0.25) is 0 Å². The molecule has 18 heavy (non-hydrogen) atoms. The van der Waals surface area contributed by atoms with Crippen molar-refractivity contribution in [3.8, 4) is 17.1 Å². The van der Waals surface area contributed by atoms with Crippen LogP contribution in [-0.2, 0) is 6.54 Å². The first-order valence-electron chi connectivity index (χ1n) is 5.99. The summed E-state index contributed by atoms with van der Waals surface area (Å²) in [6, 6.07) is 1.88. The highest BCUT2D eigenvalue weighted by atomic mass is 16.5. The van der Waals surface area contributed by atoms with Crippen LogP contribution in [0.1, 0.15) is 19.1 Å². The van der Waals surface area contributed by atoms with Crippen molar-refractivity contribution in [3.05, 3.63) is 30.5 Å². The van der Waals surface area contributed by atoms with E-state index in [1.165, 1.54) is 0 Å². The van der Waals surface area contributed by atoms with E-state index in [-0.39, 0.29) is 0 Å². The summed E-state index contributed by atoms with van der Waals surface area (Å²) in [6.07, 6.45) is 6.00. The normalized spacial score (nSPS) is 10.6. The average molecular weight is 247 g/mol. The van der Waals surface area contributed by atoms with E-state index in [9.17, 15) is 0 Å². The summed E-state index contributed by atoms with van der Waals surface area (Å²) >= 11 is 0. The third-order valence-electron chi connectivity index (χ3n) is 2.57. The number of ether oxygens (including phenoxy) is 1. The number of rotatable bonds is 6. The fourth-order valence-electron chi connectivity index (χ4n) is 1.73. The molecule has 0 aliphatic heterocycles. The molecular formula is C13H17N3O2. The molecular weight excluding hydrogens is 230 g/mol. The van der Waals surface area contributed by atoms with Crippen LogP contribution in [0.3, 0.4) is 0 Å². The smallest absolute Gasteiger partial charge is 0.240 e. The summed E-state index contributed by atoms with van der Waals surface area (Å²) in [5.74, 6) is 1.36. The predicted molar refractivity (Wildman–Crippen MR) is 68.3 cm³/mol. The van der Waals surface area contributed by atoms with E-state index in [1.54, 1.807) is 25.8 Å². The zero-order valence-corrected chi connectivity index (χ0v) is 10.6. The Morgan fingerprint density at radius 1 is 1.33 bits per heavy atom. The Hall–Kier alpha value is -1.88. The van der Waals surface area contributed by atoms with Crippen LogP contribution >= 0.6 is 0 Å². The molecule has 0 amide bonds. The maximum atomic E-state index is 5.48. The second kappa shape index (κ2) is 6.16. The van der Waals surface area contributed by atoms with Gasteiger partial charge in [0.05, 0.1) is 19.9 Å². The number of hydrogen-bond donors (Lipinski definition) is 1. The fourth-order valence-corrected chi connectivity index (χ4v) is 1.73. The van der Waals surface area contributed by atoms with Crippen LogP contribution in [0.15, 0.2) is 29.1 Å². The number of nitrogens with one attached hydrogen (secondary N) is 1. The van der Waals surface area contributed by atoms with Gasteiger partial charge in [0.1, 0.15) is 11.5 Å². The highest BCUT2D eigenvalue weighted by molar-refractivity contribution is 5.65.